The zero-order chi connectivity index (χ0) is 14.0. The lowest BCUT2D eigenvalue weighted by atomic mass is 10.2. The smallest absolute Gasteiger partial charge is 0.200 e. The lowest BCUT2D eigenvalue weighted by Crippen LogP contribution is -2.35. The second kappa shape index (κ2) is 5.26. The Labute approximate surface area is 114 Å². The van der Waals surface area contributed by atoms with E-state index in [0.29, 0.717) is 0 Å². The highest BCUT2D eigenvalue weighted by Crippen LogP contribution is 2.24. The molecule has 0 atom stereocenters. The van der Waals surface area contributed by atoms with Crippen LogP contribution in [0.5, 0.6) is 0 Å². The van der Waals surface area contributed by atoms with Gasteiger partial charge in [0.2, 0.25) is 5.96 Å². The molecule has 0 radical (unpaired) electrons. The number of pyridine rings is 1. The lowest BCUT2D eigenvalue weighted by Gasteiger charge is -2.22. The molecule has 0 amide bonds. The van der Waals surface area contributed by atoms with Crippen LogP contribution in [0.3, 0.4) is 0 Å². The zero-order valence-electron chi connectivity index (χ0n) is 12.2. The number of hydrogen-bond acceptors (Lipinski definition) is 2. The molecule has 0 bridgehead atoms. The maximum absolute atomic E-state index is 4.73. The fourth-order valence-corrected chi connectivity index (χ4v) is 2.03. The van der Waals surface area contributed by atoms with Crippen LogP contribution >= 0.6 is 0 Å². The molecule has 4 heteroatoms. The molecule has 1 aromatic carbocycles. The van der Waals surface area contributed by atoms with Gasteiger partial charge in [0.15, 0.2) is 0 Å². The minimum absolute atomic E-state index is 0.899. The topological polar surface area (TPSA) is 31.7 Å². The number of guanidine groups is 1. The van der Waals surface area contributed by atoms with Gasteiger partial charge in [-0.1, -0.05) is 18.2 Å². The molecule has 0 N–H and O–H groups in total. The minimum atomic E-state index is 0.899. The van der Waals surface area contributed by atoms with Crippen LogP contribution in [-0.4, -0.2) is 48.9 Å². The van der Waals surface area contributed by atoms with E-state index in [9.17, 15) is 0 Å². The van der Waals surface area contributed by atoms with Crippen LogP contribution < -0.4 is 0 Å². The van der Waals surface area contributed by atoms with Crippen molar-refractivity contribution in [2.24, 2.45) is 4.99 Å². The minimum Gasteiger partial charge on any atom is -0.349 e. The van der Waals surface area contributed by atoms with Gasteiger partial charge < -0.3 is 9.80 Å². The quantitative estimate of drug-likeness (QED) is 0.580. The summed E-state index contributed by atoms with van der Waals surface area (Å²) in [4.78, 5) is 13.3. The first-order valence-corrected chi connectivity index (χ1v) is 6.29. The first kappa shape index (κ1) is 13.3. The van der Waals surface area contributed by atoms with Gasteiger partial charge in [-0.2, -0.15) is 0 Å². The molecule has 0 saturated carbocycles. The van der Waals surface area contributed by atoms with E-state index in [0.717, 1.165) is 28.2 Å². The van der Waals surface area contributed by atoms with Crippen LogP contribution in [0.1, 0.15) is 5.69 Å². The molecule has 0 aliphatic rings. The Kier molecular flexibility index (Phi) is 3.69. The number of aryl methyl sites for hydroxylation is 1. The fourth-order valence-electron chi connectivity index (χ4n) is 2.03. The average molecular weight is 256 g/mol. The van der Waals surface area contributed by atoms with Crippen molar-refractivity contribution in [3.63, 3.8) is 0 Å². The number of para-hydroxylation sites is 1. The summed E-state index contributed by atoms with van der Waals surface area (Å²) in [6.07, 6.45) is 0. The van der Waals surface area contributed by atoms with Gasteiger partial charge in [0.1, 0.15) is 0 Å². The lowest BCUT2D eigenvalue weighted by molar-refractivity contribution is 0.484. The molecular formula is C15H20N4. The van der Waals surface area contributed by atoms with Crippen molar-refractivity contribution >= 4 is 22.5 Å². The zero-order valence-corrected chi connectivity index (χ0v) is 12.2. The monoisotopic (exact) mass is 256 g/mol. The van der Waals surface area contributed by atoms with Crippen molar-refractivity contribution in [1.82, 2.24) is 14.8 Å². The van der Waals surface area contributed by atoms with E-state index in [4.69, 9.17) is 4.99 Å². The summed E-state index contributed by atoms with van der Waals surface area (Å²) in [7, 11) is 7.95. The second-order valence-electron chi connectivity index (χ2n) is 5.00. The number of rotatable bonds is 1. The van der Waals surface area contributed by atoms with Gasteiger partial charge in [0.25, 0.3) is 0 Å². The normalized spacial score (nSPS) is 10.4. The Balaban J connectivity index is 2.62. The van der Waals surface area contributed by atoms with Crippen LogP contribution in [0.4, 0.5) is 5.69 Å². The van der Waals surface area contributed by atoms with Crippen LogP contribution in [0, 0.1) is 6.92 Å². The van der Waals surface area contributed by atoms with E-state index >= 15 is 0 Å². The van der Waals surface area contributed by atoms with Crippen LogP contribution in [-0.2, 0) is 0 Å². The standard InChI is InChI=1S/C15H20N4/c1-11-9-10-12-7-6-8-13(14(12)16-11)17-15(18(2)3)19(4)5/h6-10H,1-5H3. The fraction of sp³-hybridized carbons (Fsp3) is 0.333. The highest BCUT2D eigenvalue weighted by molar-refractivity contribution is 5.93. The predicted octanol–water partition coefficient (Wildman–Crippen LogP) is 2.65. The third kappa shape index (κ3) is 2.84. The molecule has 0 aliphatic heterocycles. The highest BCUT2D eigenvalue weighted by Gasteiger charge is 2.07. The van der Waals surface area contributed by atoms with Crippen LogP contribution in [0.2, 0.25) is 0 Å². The van der Waals surface area contributed by atoms with E-state index in [2.05, 4.69) is 17.1 Å². The molecule has 0 fully saturated rings. The van der Waals surface area contributed by atoms with Gasteiger partial charge >= 0.3 is 0 Å². The third-order valence-electron chi connectivity index (χ3n) is 2.86. The largest absolute Gasteiger partial charge is 0.349 e. The molecule has 0 unspecified atom stereocenters. The molecular weight excluding hydrogens is 236 g/mol. The number of benzene rings is 1. The predicted molar refractivity (Wildman–Crippen MR) is 80.9 cm³/mol. The second-order valence-corrected chi connectivity index (χ2v) is 5.00. The van der Waals surface area contributed by atoms with Gasteiger partial charge in [0.05, 0.1) is 11.2 Å². The number of nitrogens with zero attached hydrogens (tertiary/aromatic N) is 4. The van der Waals surface area contributed by atoms with Gasteiger partial charge in [-0.05, 0) is 19.1 Å². The molecule has 0 spiro atoms. The number of hydrogen-bond donors (Lipinski definition) is 0. The van der Waals surface area contributed by atoms with E-state index < -0.39 is 0 Å². The van der Waals surface area contributed by atoms with Crippen LogP contribution in [0.15, 0.2) is 35.3 Å². The summed E-state index contributed by atoms with van der Waals surface area (Å²) in [5.41, 5.74) is 2.86. The summed E-state index contributed by atoms with van der Waals surface area (Å²) < 4.78 is 0. The molecule has 100 valence electrons. The van der Waals surface area contributed by atoms with Gasteiger partial charge in [0, 0.05) is 39.3 Å². The van der Waals surface area contributed by atoms with E-state index in [1.807, 2.05) is 63.1 Å². The van der Waals surface area contributed by atoms with Gasteiger partial charge in [-0.3, -0.25) is 4.98 Å². The summed E-state index contributed by atoms with van der Waals surface area (Å²) in [6.45, 7) is 2.00. The van der Waals surface area contributed by atoms with Gasteiger partial charge in [-0.15, -0.1) is 0 Å². The molecule has 4 nitrogen and oxygen atoms in total. The Morgan fingerprint density at radius 3 is 2.32 bits per heavy atom. The Hall–Kier alpha value is -2.10. The van der Waals surface area contributed by atoms with Crippen molar-refractivity contribution in [3.05, 3.63) is 36.0 Å². The van der Waals surface area contributed by atoms with E-state index in [1.165, 1.54) is 0 Å². The first-order chi connectivity index (χ1) is 8.99. The molecule has 1 heterocycles. The summed E-state index contributed by atoms with van der Waals surface area (Å²) in [6, 6.07) is 10.2. The molecule has 19 heavy (non-hydrogen) atoms. The van der Waals surface area contributed by atoms with Crippen molar-refractivity contribution in [1.29, 1.82) is 0 Å². The summed E-state index contributed by atoms with van der Waals surface area (Å²) in [5, 5.41) is 1.11. The van der Waals surface area contributed by atoms with E-state index in [-0.39, 0.29) is 0 Å². The number of aromatic nitrogens is 1. The van der Waals surface area contributed by atoms with Crippen molar-refractivity contribution in [3.8, 4) is 0 Å². The molecule has 2 rings (SSSR count). The number of aliphatic imine (C=N–C) groups is 1. The molecule has 0 saturated heterocycles. The SMILES string of the molecule is Cc1ccc2cccc(N=C(N(C)C)N(C)C)c2n1. The Bertz CT molecular complexity index is 605. The van der Waals surface area contributed by atoms with Crippen molar-refractivity contribution in [2.75, 3.05) is 28.2 Å². The van der Waals surface area contributed by atoms with Crippen LogP contribution in [0.25, 0.3) is 10.9 Å². The number of fused-ring (bicyclic) bond motifs is 1. The maximum atomic E-state index is 4.73. The summed E-state index contributed by atoms with van der Waals surface area (Å²) >= 11 is 0. The molecule has 0 aliphatic carbocycles. The average Bonchev–Trinajstić information content (AvgIpc) is 2.35. The molecule has 1 aromatic heterocycles. The maximum Gasteiger partial charge on any atom is 0.200 e. The first-order valence-electron chi connectivity index (χ1n) is 6.29. The summed E-state index contributed by atoms with van der Waals surface area (Å²) in [5.74, 6) is 0.899. The third-order valence-corrected chi connectivity index (χ3v) is 2.86. The van der Waals surface area contributed by atoms with E-state index in [1.54, 1.807) is 0 Å². The van der Waals surface area contributed by atoms with Crippen molar-refractivity contribution in [2.45, 2.75) is 6.92 Å². The Morgan fingerprint density at radius 1 is 1.00 bits per heavy atom. The van der Waals surface area contributed by atoms with Crippen molar-refractivity contribution < 1.29 is 0 Å². The Morgan fingerprint density at radius 2 is 1.68 bits per heavy atom. The highest BCUT2D eigenvalue weighted by atomic mass is 15.3. The van der Waals surface area contributed by atoms with Gasteiger partial charge in [-0.25, -0.2) is 4.99 Å². The molecule has 2 aromatic rings.